The van der Waals surface area contributed by atoms with Crippen LogP contribution in [0, 0.1) is 0 Å². The second-order valence-corrected chi connectivity index (χ2v) is 6.41. The van der Waals surface area contributed by atoms with Gasteiger partial charge in [0.2, 0.25) is 5.91 Å². The number of carbonyl (C=O) groups is 3. The van der Waals surface area contributed by atoms with Crippen LogP contribution in [-0.4, -0.2) is 34.1 Å². The van der Waals surface area contributed by atoms with Crippen molar-refractivity contribution < 1.29 is 14.4 Å². The predicted octanol–water partition coefficient (Wildman–Crippen LogP) is 3.50. The molecule has 0 radical (unpaired) electrons. The van der Waals surface area contributed by atoms with Gasteiger partial charge in [0.25, 0.3) is 5.24 Å². The highest BCUT2D eigenvalue weighted by Gasteiger charge is 2.26. The lowest BCUT2D eigenvalue weighted by Crippen LogP contribution is -2.38. The molecule has 1 saturated heterocycles. The summed E-state index contributed by atoms with van der Waals surface area (Å²) in [6.07, 6.45) is 1.24. The van der Waals surface area contributed by atoms with Gasteiger partial charge < -0.3 is 0 Å². The summed E-state index contributed by atoms with van der Waals surface area (Å²) in [5.74, 6) is 0.457. The van der Waals surface area contributed by atoms with Crippen molar-refractivity contribution in [3.8, 4) is 0 Å². The Morgan fingerprint density at radius 1 is 1.25 bits per heavy atom. The number of nitrogens with zero attached hydrogens (tertiary/aromatic N) is 1. The maximum absolute atomic E-state index is 12.0. The highest BCUT2D eigenvalue weighted by Crippen LogP contribution is 2.19. The van der Waals surface area contributed by atoms with Crippen molar-refractivity contribution in [3.63, 3.8) is 0 Å². The number of Topliss-reactive ketones (excluding diaryl/α,β-unsaturated/α-hetero) is 1. The van der Waals surface area contributed by atoms with E-state index in [9.17, 15) is 14.4 Å². The van der Waals surface area contributed by atoms with E-state index in [0.717, 1.165) is 16.2 Å². The molecule has 106 valence electrons. The minimum atomic E-state index is -0.197. The third-order valence-corrected chi connectivity index (χ3v) is 4.42. The minimum absolute atomic E-state index is 0.0297. The zero-order chi connectivity index (χ0) is 14.5. The lowest BCUT2D eigenvalue weighted by Gasteiger charge is -2.23. The first-order chi connectivity index (χ1) is 9.58. The molecule has 1 aliphatic heterocycles. The molecule has 0 aliphatic carbocycles. The molecule has 6 heteroatoms. The number of carbonyl (C=O) groups excluding carboxylic acids is 3. The van der Waals surface area contributed by atoms with Crippen molar-refractivity contribution in [1.29, 1.82) is 0 Å². The molecular formula is C14H14BrNO3S. The molecular weight excluding hydrogens is 342 g/mol. The zero-order valence-corrected chi connectivity index (χ0v) is 13.2. The van der Waals surface area contributed by atoms with Gasteiger partial charge in [0.05, 0.1) is 0 Å². The first-order valence-corrected chi connectivity index (χ1v) is 8.11. The molecule has 1 fully saturated rings. The van der Waals surface area contributed by atoms with E-state index in [0.29, 0.717) is 37.1 Å². The predicted molar refractivity (Wildman–Crippen MR) is 81.9 cm³/mol. The van der Waals surface area contributed by atoms with Crippen molar-refractivity contribution in [1.82, 2.24) is 4.90 Å². The van der Waals surface area contributed by atoms with Crippen LogP contribution in [0.5, 0.6) is 0 Å². The standard InChI is InChI=1S/C14H14BrNO3S/c15-11-5-3-10(4-6-11)12(17)2-1-8-16-13(18)7-9-20-14(16)19/h3-6H,1-2,7-9H2. The first kappa shape index (κ1) is 15.3. The first-order valence-electron chi connectivity index (χ1n) is 6.34. The maximum atomic E-state index is 12.0. The molecule has 0 spiro atoms. The third kappa shape index (κ3) is 3.93. The van der Waals surface area contributed by atoms with Gasteiger partial charge in [0.1, 0.15) is 0 Å². The Balaban J connectivity index is 1.83. The molecule has 0 atom stereocenters. The summed E-state index contributed by atoms with van der Waals surface area (Å²) >= 11 is 4.48. The monoisotopic (exact) mass is 355 g/mol. The maximum Gasteiger partial charge on any atom is 0.288 e. The van der Waals surface area contributed by atoms with E-state index in [-0.39, 0.29) is 16.9 Å². The number of ketones is 1. The van der Waals surface area contributed by atoms with E-state index in [1.165, 1.54) is 4.90 Å². The fraction of sp³-hybridized carbons (Fsp3) is 0.357. The van der Waals surface area contributed by atoms with Gasteiger partial charge in [0, 0.05) is 35.2 Å². The summed E-state index contributed by atoms with van der Waals surface area (Å²) in [6.45, 7) is 0.326. The summed E-state index contributed by atoms with van der Waals surface area (Å²) in [7, 11) is 0. The quantitative estimate of drug-likeness (QED) is 0.758. The average molecular weight is 356 g/mol. The van der Waals surface area contributed by atoms with Gasteiger partial charge in [-0.3, -0.25) is 19.3 Å². The van der Waals surface area contributed by atoms with Crippen LogP contribution in [0.25, 0.3) is 0 Å². The van der Waals surface area contributed by atoms with Gasteiger partial charge >= 0.3 is 0 Å². The summed E-state index contributed by atoms with van der Waals surface area (Å²) in [5, 5.41) is -0.197. The second kappa shape index (κ2) is 7.04. The largest absolute Gasteiger partial charge is 0.294 e. The Kier molecular flexibility index (Phi) is 5.37. The number of rotatable bonds is 5. The van der Waals surface area contributed by atoms with Crippen molar-refractivity contribution in [2.75, 3.05) is 12.3 Å². The minimum Gasteiger partial charge on any atom is -0.294 e. The Bertz CT molecular complexity index is 514. The summed E-state index contributed by atoms with van der Waals surface area (Å²) in [4.78, 5) is 36.4. The number of amides is 2. The number of benzene rings is 1. The van der Waals surface area contributed by atoms with Crippen LogP contribution in [0.15, 0.2) is 28.7 Å². The topological polar surface area (TPSA) is 54.5 Å². The number of hydrogen-bond acceptors (Lipinski definition) is 4. The summed E-state index contributed by atoms with van der Waals surface area (Å²) < 4.78 is 0.926. The Morgan fingerprint density at radius 3 is 2.60 bits per heavy atom. The molecule has 1 aromatic carbocycles. The van der Waals surface area contributed by atoms with Crippen LogP contribution in [-0.2, 0) is 4.79 Å². The van der Waals surface area contributed by atoms with Gasteiger partial charge in [-0.2, -0.15) is 0 Å². The molecule has 1 heterocycles. The van der Waals surface area contributed by atoms with Crippen LogP contribution in [0.4, 0.5) is 4.79 Å². The summed E-state index contributed by atoms with van der Waals surface area (Å²) in [5.41, 5.74) is 0.652. The van der Waals surface area contributed by atoms with E-state index in [1.54, 1.807) is 12.1 Å². The molecule has 2 rings (SSSR count). The molecule has 20 heavy (non-hydrogen) atoms. The Hall–Kier alpha value is -1.14. The highest BCUT2D eigenvalue weighted by molar-refractivity contribution is 9.10. The van der Waals surface area contributed by atoms with Gasteiger partial charge in [-0.05, 0) is 18.6 Å². The smallest absolute Gasteiger partial charge is 0.288 e. The SMILES string of the molecule is O=C(CCCN1C(=O)CCSC1=O)c1ccc(Br)cc1. The fourth-order valence-electron chi connectivity index (χ4n) is 1.93. The summed E-state index contributed by atoms with van der Waals surface area (Å²) in [6, 6.07) is 7.17. The van der Waals surface area contributed by atoms with Crippen LogP contribution >= 0.6 is 27.7 Å². The highest BCUT2D eigenvalue weighted by atomic mass is 79.9. The molecule has 0 bridgehead atoms. The van der Waals surface area contributed by atoms with Crippen LogP contribution in [0.2, 0.25) is 0 Å². The van der Waals surface area contributed by atoms with Crippen LogP contribution < -0.4 is 0 Å². The zero-order valence-electron chi connectivity index (χ0n) is 10.8. The molecule has 0 unspecified atom stereocenters. The van der Waals surface area contributed by atoms with E-state index < -0.39 is 0 Å². The number of imide groups is 1. The average Bonchev–Trinajstić information content (AvgIpc) is 2.42. The fourth-order valence-corrected chi connectivity index (χ4v) is 3.00. The molecule has 1 aromatic rings. The van der Waals surface area contributed by atoms with Gasteiger partial charge in [-0.25, -0.2) is 0 Å². The van der Waals surface area contributed by atoms with Crippen molar-refractivity contribution in [3.05, 3.63) is 34.3 Å². The van der Waals surface area contributed by atoms with E-state index in [1.807, 2.05) is 12.1 Å². The van der Waals surface area contributed by atoms with E-state index in [2.05, 4.69) is 15.9 Å². The van der Waals surface area contributed by atoms with Gasteiger partial charge in [-0.1, -0.05) is 39.8 Å². The molecule has 2 amide bonds. The molecule has 1 aliphatic rings. The number of thioether (sulfide) groups is 1. The van der Waals surface area contributed by atoms with E-state index >= 15 is 0 Å². The molecule has 0 saturated carbocycles. The number of halogens is 1. The normalized spacial score (nSPS) is 15.6. The van der Waals surface area contributed by atoms with Crippen LogP contribution in [0.3, 0.4) is 0 Å². The lowest BCUT2D eigenvalue weighted by atomic mass is 10.1. The molecule has 0 N–H and O–H groups in total. The second-order valence-electron chi connectivity index (χ2n) is 4.44. The Labute approximate surface area is 130 Å². The van der Waals surface area contributed by atoms with Gasteiger partial charge in [0.15, 0.2) is 5.78 Å². The van der Waals surface area contributed by atoms with Crippen molar-refractivity contribution >= 4 is 44.6 Å². The lowest BCUT2D eigenvalue weighted by molar-refractivity contribution is -0.127. The molecule has 0 aromatic heterocycles. The third-order valence-electron chi connectivity index (χ3n) is 3.01. The van der Waals surface area contributed by atoms with Crippen LogP contribution in [0.1, 0.15) is 29.6 Å². The molecule has 4 nitrogen and oxygen atoms in total. The Morgan fingerprint density at radius 2 is 1.95 bits per heavy atom. The van der Waals surface area contributed by atoms with Gasteiger partial charge in [-0.15, -0.1) is 0 Å². The number of hydrogen-bond donors (Lipinski definition) is 0. The van der Waals surface area contributed by atoms with E-state index in [4.69, 9.17) is 0 Å². The van der Waals surface area contributed by atoms with Crippen molar-refractivity contribution in [2.45, 2.75) is 19.3 Å². The van der Waals surface area contributed by atoms with Crippen molar-refractivity contribution in [2.24, 2.45) is 0 Å².